The summed E-state index contributed by atoms with van der Waals surface area (Å²) in [6.45, 7) is 0. The van der Waals surface area contributed by atoms with E-state index in [1.165, 1.54) is 12.1 Å². The molecule has 0 amide bonds. The minimum atomic E-state index is -5.70. The minimum Gasteiger partial charge on any atom is -0.317 e. The van der Waals surface area contributed by atoms with E-state index in [9.17, 15) is 22.0 Å². The molecule has 1 aromatic heterocycles. The first-order chi connectivity index (χ1) is 7.16. The Bertz CT molecular complexity index is 384. The Balaban J connectivity index is 0.00000256. The molecule has 1 heterocycles. The molecule has 0 saturated heterocycles. The molecular weight excluding hydrogens is 334 g/mol. The van der Waals surface area contributed by atoms with Gasteiger partial charge in [0, 0.05) is 0 Å². The van der Waals surface area contributed by atoms with Crippen molar-refractivity contribution in [1.82, 2.24) is 4.98 Å². The number of halogens is 7. The molecule has 1 rings (SSSR count). The van der Waals surface area contributed by atoms with Gasteiger partial charge in [-0.25, -0.2) is 4.98 Å². The molecule has 0 aliphatic carbocycles. The minimum absolute atomic E-state index is 0. The third-order valence-corrected chi connectivity index (χ3v) is 2.27. The predicted octanol–water partition coefficient (Wildman–Crippen LogP) is 3.46. The van der Waals surface area contributed by atoms with Crippen LogP contribution in [0.5, 0.6) is 0 Å². The normalized spacial score (nSPS) is 14.1. The zero-order valence-corrected chi connectivity index (χ0v) is 10.4. The maximum absolute atomic E-state index is 12.8. The average molecular weight is 342 g/mol. The van der Waals surface area contributed by atoms with Gasteiger partial charge in [-0.1, -0.05) is 6.07 Å². The Morgan fingerprint density at radius 2 is 1.71 bits per heavy atom. The summed E-state index contributed by atoms with van der Waals surface area (Å²) in [6.07, 6.45) is -5.70. The summed E-state index contributed by atoms with van der Waals surface area (Å²) in [5.41, 5.74) is 4.34. The molecule has 98 valence electrons. The van der Waals surface area contributed by atoms with Crippen molar-refractivity contribution < 1.29 is 22.0 Å². The summed E-state index contributed by atoms with van der Waals surface area (Å²) in [5, 5.41) is 0. The van der Waals surface area contributed by atoms with Gasteiger partial charge >= 0.3 is 12.1 Å². The lowest BCUT2D eigenvalue weighted by atomic mass is 10.1. The summed E-state index contributed by atoms with van der Waals surface area (Å²) < 4.78 is 61.8. The van der Waals surface area contributed by atoms with Crippen molar-refractivity contribution in [3.63, 3.8) is 0 Å². The molecule has 2 nitrogen and oxygen atoms in total. The molecular formula is C8H7BrClF5N2. The molecule has 2 N–H and O–H groups in total. The van der Waals surface area contributed by atoms with E-state index in [1.54, 1.807) is 0 Å². The second-order valence-electron chi connectivity index (χ2n) is 2.98. The molecule has 0 spiro atoms. The zero-order valence-electron chi connectivity index (χ0n) is 8.01. The van der Waals surface area contributed by atoms with Crippen LogP contribution in [0.1, 0.15) is 11.7 Å². The molecule has 0 aliphatic heterocycles. The van der Waals surface area contributed by atoms with Gasteiger partial charge in [0.15, 0.2) is 0 Å². The maximum atomic E-state index is 12.8. The Kier molecular flexibility index (Phi) is 5.30. The predicted molar refractivity (Wildman–Crippen MR) is 57.1 cm³/mol. The number of rotatable bonds is 2. The Morgan fingerprint density at radius 3 is 2.12 bits per heavy atom. The lowest BCUT2D eigenvalue weighted by molar-refractivity contribution is -0.291. The highest BCUT2D eigenvalue weighted by Crippen LogP contribution is 2.42. The standard InChI is InChI=1S/C8H6BrF5N2.ClH/c9-5-3-1-2-4(16-5)6(15)7(10,11)8(12,13)14;/h1-3,6H,15H2;1H/t6-;/m0./s1. The van der Waals surface area contributed by atoms with Crippen LogP contribution in [0, 0.1) is 0 Å². The Morgan fingerprint density at radius 1 is 1.18 bits per heavy atom. The largest absolute Gasteiger partial charge is 0.455 e. The highest BCUT2D eigenvalue weighted by atomic mass is 79.9. The smallest absolute Gasteiger partial charge is 0.317 e. The molecule has 9 heteroatoms. The summed E-state index contributed by atoms with van der Waals surface area (Å²) >= 11 is 2.85. The molecule has 0 radical (unpaired) electrons. The van der Waals surface area contributed by atoms with Crippen LogP contribution in [-0.2, 0) is 0 Å². The molecule has 1 aromatic rings. The third kappa shape index (κ3) is 3.49. The second-order valence-corrected chi connectivity index (χ2v) is 3.80. The van der Waals surface area contributed by atoms with Crippen LogP contribution in [0.25, 0.3) is 0 Å². The van der Waals surface area contributed by atoms with E-state index in [1.807, 2.05) is 0 Å². The van der Waals surface area contributed by atoms with Gasteiger partial charge < -0.3 is 5.73 Å². The number of pyridine rings is 1. The van der Waals surface area contributed by atoms with Crippen LogP contribution in [0.4, 0.5) is 22.0 Å². The molecule has 0 aliphatic rings. The molecule has 17 heavy (non-hydrogen) atoms. The zero-order chi connectivity index (χ0) is 12.6. The fraction of sp³-hybridized carbons (Fsp3) is 0.375. The number of nitrogens with two attached hydrogens (primary N) is 1. The van der Waals surface area contributed by atoms with Crippen molar-refractivity contribution in [2.75, 3.05) is 0 Å². The van der Waals surface area contributed by atoms with Crippen molar-refractivity contribution in [2.45, 2.75) is 18.1 Å². The van der Waals surface area contributed by atoms with E-state index in [4.69, 9.17) is 5.73 Å². The summed E-state index contributed by atoms with van der Waals surface area (Å²) in [5.74, 6) is -5.01. The summed E-state index contributed by atoms with van der Waals surface area (Å²) in [6, 6.07) is 1.15. The summed E-state index contributed by atoms with van der Waals surface area (Å²) in [7, 11) is 0. The van der Waals surface area contributed by atoms with Crippen LogP contribution in [0.15, 0.2) is 22.8 Å². The number of hydrogen-bond donors (Lipinski definition) is 1. The van der Waals surface area contributed by atoms with Crippen molar-refractivity contribution in [1.29, 1.82) is 0 Å². The van der Waals surface area contributed by atoms with E-state index in [0.29, 0.717) is 0 Å². The van der Waals surface area contributed by atoms with E-state index < -0.39 is 23.8 Å². The van der Waals surface area contributed by atoms with Gasteiger partial charge in [-0.15, -0.1) is 12.4 Å². The Hall–Kier alpha value is -0.470. The van der Waals surface area contributed by atoms with Crippen molar-refractivity contribution in [3.8, 4) is 0 Å². The third-order valence-electron chi connectivity index (χ3n) is 1.82. The van der Waals surface area contributed by atoms with Crippen LogP contribution in [-0.4, -0.2) is 17.1 Å². The second kappa shape index (κ2) is 5.45. The quantitative estimate of drug-likeness (QED) is 0.661. The molecule has 1 atom stereocenters. The number of nitrogens with zero attached hydrogens (tertiary/aromatic N) is 1. The van der Waals surface area contributed by atoms with Gasteiger partial charge in [0.25, 0.3) is 0 Å². The van der Waals surface area contributed by atoms with Gasteiger partial charge in [-0.05, 0) is 28.1 Å². The highest BCUT2D eigenvalue weighted by molar-refractivity contribution is 9.10. The van der Waals surface area contributed by atoms with Gasteiger partial charge in [-0.3, -0.25) is 0 Å². The molecule has 0 unspecified atom stereocenters. The van der Waals surface area contributed by atoms with Crippen molar-refractivity contribution >= 4 is 28.3 Å². The average Bonchev–Trinajstić information content (AvgIpc) is 2.14. The van der Waals surface area contributed by atoms with Crippen LogP contribution in [0.3, 0.4) is 0 Å². The first-order valence-electron chi connectivity index (χ1n) is 3.99. The molecule has 0 saturated carbocycles. The number of hydrogen-bond acceptors (Lipinski definition) is 2. The van der Waals surface area contributed by atoms with E-state index in [-0.39, 0.29) is 17.0 Å². The fourth-order valence-electron chi connectivity index (χ4n) is 0.959. The first kappa shape index (κ1) is 16.5. The van der Waals surface area contributed by atoms with Gasteiger partial charge in [0.05, 0.1) is 5.69 Å². The fourth-order valence-corrected chi connectivity index (χ4v) is 1.32. The number of aromatic nitrogens is 1. The summed E-state index contributed by atoms with van der Waals surface area (Å²) in [4.78, 5) is 3.46. The SMILES string of the molecule is Cl.N[C@@H](c1cccc(Br)n1)C(F)(F)C(F)(F)F. The molecule has 0 bridgehead atoms. The van der Waals surface area contributed by atoms with E-state index >= 15 is 0 Å². The van der Waals surface area contributed by atoms with Gasteiger partial charge in [0.2, 0.25) is 0 Å². The topological polar surface area (TPSA) is 38.9 Å². The monoisotopic (exact) mass is 340 g/mol. The van der Waals surface area contributed by atoms with Crippen molar-refractivity contribution in [2.24, 2.45) is 5.73 Å². The first-order valence-corrected chi connectivity index (χ1v) is 4.78. The van der Waals surface area contributed by atoms with E-state index in [0.717, 1.165) is 6.07 Å². The van der Waals surface area contributed by atoms with E-state index in [2.05, 4.69) is 20.9 Å². The lowest BCUT2D eigenvalue weighted by Crippen LogP contribution is -2.46. The van der Waals surface area contributed by atoms with Crippen LogP contribution in [0.2, 0.25) is 0 Å². The Labute approximate surface area is 108 Å². The molecule has 0 fully saturated rings. The molecule has 0 aromatic carbocycles. The van der Waals surface area contributed by atoms with Crippen molar-refractivity contribution in [3.05, 3.63) is 28.5 Å². The van der Waals surface area contributed by atoms with Gasteiger partial charge in [0.1, 0.15) is 10.6 Å². The maximum Gasteiger partial charge on any atom is 0.455 e. The highest BCUT2D eigenvalue weighted by Gasteiger charge is 2.62. The van der Waals surface area contributed by atoms with Crippen LogP contribution >= 0.6 is 28.3 Å². The van der Waals surface area contributed by atoms with Gasteiger partial charge in [-0.2, -0.15) is 22.0 Å². The van der Waals surface area contributed by atoms with Crippen LogP contribution < -0.4 is 5.73 Å². The lowest BCUT2D eigenvalue weighted by Gasteiger charge is -2.25. The number of alkyl halides is 5.